The highest BCUT2D eigenvalue weighted by molar-refractivity contribution is 5.82. The number of nitrogens with zero attached hydrogens (tertiary/aromatic N) is 1. The van der Waals surface area contributed by atoms with E-state index >= 15 is 0 Å². The molecule has 0 aliphatic carbocycles. The zero-order valence-corrected chi connectivity index (χ0v) is 11.1. The van der Waals surface area contributed by atoms with Crippen LogP contribution in [0.15, 0.2) is 24.5 Å². The first-order valence-corrected chi connectivity index (χ1v) is 6.59. The lowest BCUT2D eigenvalue weighted by Gasteiger charge is -2.22. The summed E-state index contributed by atoms with van der Waals surface area (Å²) in [4.78, 5) is 19.2. The minimum Gasteiger partial charge on any atom is -0.351 e. The van der Waals surface area contributed by atoms with Gasteiger partial charge in [0.2, 0.25) is 5.91 Å². The second-order valence-electron chi connectivity index (χ2n) is 4.93. The number of halogens is 2. The zero-order valence-electron chi connectivity index (χ0n) is 11.1. The predicted octanol–water partition coefficient (Wildman–Crippen LogP) is 1.02. The van der Waals surface area contributed by atoms with Crippen LogP contribution in [0.4, 0.5) is 8.78 Å². The Balaban J connectivity index is 1.58. The Morgan fingerprint density at radius 3 is 3.05 bits per heavy atom. The molecule has 0 spiro atoms. The minimum absolute atomic E-state index is 0.154. The molecule has 1 aliphatic heterocycles. The number of imidazole rings is 1. The maximum Gasteiger partial charge on any atom is 0.237 e. The summed E-state index contributed by atoms with van der Waals surface area (Å²) in [5.41, 5.74) is 2.37. The van der Waals surface area contributed by atoms with Gasteiger partial charge in [0.1, 0.15) is 0 Å². The molecule has 0 bridgehead atoms. The number of aromatic nitrogens is 2. The summed E-state index contributed by atoms with van der Waals surface area (Å²) in [6.07, 6.45) is 2.11. The van der Waals surface area contributed by atoms with Crippen LogP contribution < -0.4 is 10.6 Å². The maximum atomic E-state index is 13.1. The smallest absolute Gasteiger partial charge is 0.237 e. The number of benzene rings is 1. The van der Waals surface area contributed by atoms with Gasteiger partial charge in [0, 0.05) is 19.5 Å². The molecule has 1 unspecified atom stereocenters. The van der Waals surface area contributed by atoms with Crippen LogP contribution in [0.2, 0.25) is 0 Å². The van der Waals surface area contributed by atoms with E-state index < -0.39 is 11.6 Å². The molecule has 1 aromatic heterocycles. The third-order valence-corrected chi connectivity index (χ3v) is 3.50. The number of nitrogens with one attached hydrogen (secondary N) is 3. The van der Waals surface area contributed by atoms with Crippen molar-refractivity contribution in [3.63, 3.8) is 0 Å². The molecule has 1 aromatic carbocycles. The molecule has 1 atom stereocenters. The number of hydrogen-bond acceptors (Lipinski definition) is 3. The molecular formula is C14H14F2N4O. The van der Waals surface area contributed by atoms with Crippen LogP contribution in [0.5, 0.6) is 0 Å². The fourth-order valence-corrected chi connectivity index (χ4v) is 2.32. The van der Waals surface area contributed by atoms with Gasteiger partial charge in [-0.2, -0.15) is 0 Å². The maximum absolute atomic E-state index is 13.1. The number of hydrogen-bond donors (Lipinski definition) is 3. The molecule has 1 amide bonds. The average molecular weight is 292 g/mol. The molecule has 3 rings (SSSR count). The van der Waals surface area contributed by atoms with E-state index in [1.165, 1.54) is 6.07 Å². The van der Waals surface area contributed by atoms with Crippen molar-refractivity contribution in [1.82, 2.24) is 20.6 Å². The summed E-state index contributed by atoms with van der Waals surface area (Å²) >= 11 is 0. The van der Waals surface area contributed by atoms with Gasteiger partial charge in [-0.3, -0.25) is 10.1 Å². The quantitative estimate of drug-likeness (QED) is 0.791. The highest BCUT2D eigenvalue weighted by atomic mass is 19.2. The topological polar surface area (TPSA) is 69.8 Å². The molecule has 3 N–H and O–H groups in total. The first kappa shape index (κ1) is 13.7. The number of carbonyl (C=O) groups is 1. The Kier molecular flexibility index (Phi) is 3.66. The number of carbonyl (C=O) groups excluding carboxylic acids is 1. The van der Waals surface area contributed by atoms with Gasteiger partial charge in [-0.15, -0.1) is 0 Å². The molecule has 0 fully saturated rings. The third-order valence-electron chi connectivity index (χ3n) is 3.50. The van der Waals surface area contributed by atoms with Crippen molar-refractivity contribution in [2.45, 2.75) is 25.6 Å². The normalized spacial score (nSPS) is 17.3. The van der Waals surface area contributed by atoms with Gasteiger partial charge in [0.25, 0.3) is 0 Å². The van der Waals surface area contributed by atoms with Crippen molar-refractivity contribution < 1.29 is 13.6 Å². The standard InChI is InChI=1S/C14H14F2N4O/c15-9-2-1-8(3-10(9)16)5-18-14(21)12-4-11-13(6-17-12)20-7-19-11/h1-3,7,12,17H,4-6H2,(H,18,21)(H,19,20). The summed E-state index contributed by atoms with van der Waals surface area (Å²) in [6.45, 7) is 0.709. The summed E-state index contributed by atoms with van der Waals surface area (Å²) in [5.74, 6) is -2.00. The van der Waals surface area contributed by atoms with Crippen molar-refractivity contribution in [1.29, 1.82) is 0 Å². The van der Waals surface area contributed by atoms with Gasteiger partial charge in [-0.05, 0) is 17.7 Å². The van der Waals surface area contributed by atoms with E-state index in [0.717, 1.165) is 23.5 Å². The highest BCUT2D eigenvalue weighted by Gasteiger charge is 2.25. The fourth-order valence-electron chi connectivity index (χ4n) is 2.32. The molecular weight excluding hydrogens is 278 g/mol. The lowest BCUT2D eigenvalue weighted by atomic mass is 10.0. The summed E-state index contributed by atoms with van der Waals surface area (Å²) in [5, 5.41) is 5.81. The minimum atomic E-state index is -0.918. The monoisotopic (exact) mass is 292 g/mol. The Labute approximate surface area is 119 Å². The van der Waals surface area contributed by atoms with Crippen LogP contribution >= 0.6 is 0 Å². The largest absolute Gasteiger partial charge is 0.351 e. The number of H-pyrrole nitrogens is 1. The van der Waals surface area contributed by atoms with Gasteiger partial charge < -0.3 is 10.3 Å². The summed E-state index contributed by atoms with van der Waals surface area (Å²) in [7, 11) is 0. The van der Waals surface area contributed by atoms with Gasteiger partial charge >= 0.3 is 0 Å². The van der Waals surface area contributed by atoms with Crippen molar-refractivity contribution in [2.24, 2.45) is 0 Å². The Bertz CT molecular complexity index is 671. The van der Waals surface area contributed by atoms with Gasteiger partial charge in [0.15, 0.2) is 11.6 Å². The Morgan fingerprint density at radius 2 is 2.24 bits per heavy atom. The Hall–Kier alpha value is -2.28. The van der Waals surface area contributed by atoms with E-state index in [2.05, 4.69) is 20.6 Å². The molecule has 1 aliphatic rings. The summed E-state index contributed by atoms with van der Waals surface area (Å²) in [6, 6.07) is 3.20. The lowest BCUT2D eigenvalue weighted by molar-refractivity contribution is -0.123. The van der Waals surface area contributed by atoms with Crippen LogP contribution in [0, 0.1) is 11.6 Å². The van der Waals surface area contributed by atoms with Crippen molar-refractivity contribution >= 4 is 5.91 Å². The molecule has 0 saturated carbocycles. The molecule has 0 saturated heterocycles. The number of fused-ring (bicyclic) bond motifs is 1. The van der Waals surface area contributed by atoms with Crippen LogP contribution in [0.3, 0.4) is 0 Å². The predicted molar refractivity (Wildman–Crippen MR) is 71.1 cm³/mol. The van der Waals surface area contributed by atoms with Crippen LogP contribution in [-0.4, -0.2) is 21.9 Å². The van der Waals surface area contributed by atoms with E-state index in [-0.39, 0.29) is 18.5 Å². The molecule has 2 heterocycles. The van der Waals surface area contributed by atoms with Gasteiger partial charge in [-0.25, -0.2) is 13.8 Å². The van der Waals surface area contributed by atoms with Crippen LogP contribution in [0.1, 0.15) is 17.0 Å². The second kappa shape index (κ2) is 5.61. The van der Waals surface area contributed by atoms with Crippen LogP contribution in [0.25, 0.3) is 0 Å². The molecule has 110 valence electrons. The highest BCUT2D eigenvalue weighted by Crippen LogP contribution is 2.13. The van der Waals surface area contributed by atoms with Crippen molar-refractivity contribution in [2.75, 3.05) is 0 Å². The van der Waals surface area contributed by atoms with Crippen LogP contribution in [-0.2, 0) is 24.3 Å². The molecule has 7 heteroatoms. The Morgan fingerprint density at radius 1 is 1.38 bits per heavy atom. The van der Waals surface area contributed by atoms with E-state index in [0.29, 0.717) is 18.5 Å². The van der Waals surface area contributed by atoms with Gasteiger partial charge in [0.05, 0.1) is 23.8 Å². The molecule has 2 aromatic rings. The molecule has 21 heavy (non-hydrogen) atoms. The second-order valence-corrected chi connectivity index (χ2v) is 4.93. The molecule has 5 nitrogen and oxygen atoms in total. The number of amides is 1. The van der Waals surface area contributed by atoms with Crippen molar-refractivity contribution in [3.8, 4) is 0 Å². The first-order valence-electron chi connectivity index (χ1n) is 6.59. The first-order chi connectivity index (χ1) is 10.1. The summed E-state index contributed by atoms with van der Waals surface area (Å²) < 4.78 is 25.9. The van der Waals surface area contributed by atoms with E-state index in [1.54, 1.807) is 6.33 Å². The lowest BCUT2D eigenvalue weighted by Crippen LogP contribution is -2.47. The van der Waals surface area contributed by atoms with E-state index in [1.807, 2.05) is 0 Å². The van der Waals surface area contributed by atoms with Crippen molar-refractivity contribution in [3.05, 3.63) is 53.1 Å². The van der Waals surface area contributed by atoms with Gasteiger partial charge in [-0.1, -0.05) is 6.07 Å². The zero-order chi connectivity index (χ0) is 14.8. The average Bonchev–Trinajstić information content (AvgIpc) is 2.95. The third kappa shape index (κ3) is 2.92. The van der Waals surface area contributed by atoms with E-state index in [9.17, 15) is 13.6 Å². The number of rotatable bonds is 3. The fraction of sp³-hybridized carbons (Fsp3) is 0.286. The molecule has 0 radical (unpaired) electrons. The number of aromatic amines is 1. The SMILES string of the molecule is O=C(NCc1ccc(F)c(F)c1)C1Cc2nc[nH]c2CN1. The van der Waals surface area contributed by atoms with E-state index in [4.69, 9.17) is 0 Å².